The summed E-state index contributed by atoms with van der Waals surface area (Å²) in [6.45, 7) is 7.10. The topological polar surface area (TPSA) is 95.0 Å². The molecule has 8 heteroatoms. The van der Waals surface area contributed by atoms with Crippen LogP contribution in [0.25, 0.3) is 17.3 Å². The lowest BCUT2D eigenvalue weighted by molar-refractivity contribution is 0.122. The zero-order chi connectivity index (χ0) is 18.1. The van der Waals surface area contributed by atoms with E-state index in [2.05, 4.69) is 25.0 Å². The van der Waals surface area contributed by atoms with Crippen molar-refractivity contribution >= 4 is 11.5 Å². The summed E-state index contributed by atoms with van der Waals surface area (Å²) in [6.07, 6.45) is 1.79. The van der Waals surface area contributed by atoms with Crippen molar-refractivity contribution in [3.63, 3.8) is 0 Å². The van der Waals surface area contributed by atoms with Gasteiger partial charge in [0.05, 0.1) is 30.3 Å². The van der Waals surface area contributed by atoms with Gasteiger partial charge in [-0.3, -0.25) is 4.98 Å². The van der Waals surface area contributed by atoms with E-state index >= 15 is 0 Å². The van der Waals surface area contributed by atoms with Crippen molar-refractivity contribution in [3.05, 3.63) is 41.9 Å². The number of aryl methyl sites for hydroxylation is 2. The molecule has 0 aliphatic carbocycles. The normalized spacial score (nSPS) is 14.6. The smallest absolute Gasteiger partial charge is 0.253 e. The van der Waals surface area contributed by atoms with Gasteiger partial charge in [-0.25, -0.2) is 9.67 Å². The third-order valence-electron chi connectivity index (χ3n) is 4.32. The van der Waals surface area contributed by atoms with Gasteiger partial charge in [-0.15, -0.1) is 0 Å². The van der Waals surface area contributed by atoms with E-state index in [1.54, 1.807) is 16.9 Å². The van der Waals surface area contributed by atoms with Crippen LogP contribution in [0, 0.1) is 13.8 Å². The van der Waals surface area contributed by atoms with E-state index < -0.39 is 0 Å². The van der Waals surface area contributed by atoms with Crippen LogP contribution in [-0.2, 0) is 4.74 Å². The van der Waals surface area contributed by atoms with E-state index in [1.165, 1.54) is 0 Å². The van der Waals surface area contributed by atoms with Crippen LogP contribution in [0.15, 0.2) is 30.5 Å². The molecule has 0 aromatic carbocycles. The average Bonchev–Trinajstić information content (AvgIpc) is 3.00. The molecule has 0 amide bonds. The number of aromatic nitrogens is 5. The summed E-state index contributed by atoms with van der Waals surface area (Å²) in [4.78, 5) is 15.7. The molecular weight excluding hydrogens is 330 g/mol. The Bertz CT molecular complexity index is 931. The van der Waals surface area contributed by atoms with Crippen LogP contribution in [0.2, 0.25) is 0 Å². The van der Waals surface area contributed by atoms with Gasteiger partial charge in [0.25, 0.3) is 5.95 Å². The van der Waals surface area contributed by atoms with Gasteiger partial charge in [0.15, 0.2) is 0 Å². The molecule has 3 aromatic heterocycles. The molecule has 1 aliphatic rings. The largest absolute Gasteiger partial charge is 0.384 e. The molecule has 0 atom stereocenters. The highest BCUT2D eigenvalue weighted by Gasteiger charge is 2.15. The summed E-state index contributed by atoms with van der Waals surface area (Å²) < 4.78 is 7.12. The molecule has 0 bridgehead atoms. The molecule has 4 rings (SSSR count). The fourth-order valence-electron chi connectivity index (χ4n) is 3.09. The highest BCUT2D eigenvalue weighted by Crippen LogP contribution is 2.24. The van der Waals surface area contributed by atoms with Gasteiger partial charge in [0.2, 0.25) is 0 Å². The molecule has 1 saturated heterocycles. The van der Waals surface area contributed by atoms with E-state index in [-0.39, 0.29) is 0 Å². The molecule has 1 aliphatic heterocycles. The zero-order valence-electron chi connectivity index (χ0n) is 14.9. The Kier molecular flexibility index (Phi) is 4.26. The van der Waals surface area contributed by atoms with Crippen LogP contribution < -0.4 is 10.6 Å². The first kappa shape index (κ1) is 16.5. The number of pyridine rings is 1. The van der Waals surface area contributed by atoms with Crippen molar-refractivity contribution < 1.29 is 4.74 Å². The van der Waals surface area contributed by atoms with Gasteiger partial charge < -0.3 is 15.4 Å². The fraction of sp³-hybridized carbons (Fsp3) is 0.333. The van der Waals surface area contributed by atoms with Crippen molar-refractivity contribution in [2.24, 2.45) is 0 Å². The summed E-state index contributed by atoms with van der Waals surface area (Å²) >= 11 is 0. The predicted octanol–water partition coefficient (Wildman–Crippen LogP) is 1.76. The highest BCUT2D eigenvalue weighted by molar-refractivity contribution is 5.64. The SMILES string of the molecule is Cc1cc(C)n(-c2nc(N)cc(-c3cc(N4CCOCC4)ccn3)n2)n1. The molecule has 3 aromatic rings. The maximum atomic E-state index is 6.02. The Labute approximate surface area is 151 Å². The summed E-state index contributed by atoms with van der Waals surface area (Å²) in [5.41, 5.74) is 10.4. The van der Waals surface area contributed by atoms with Crippen molar-refractivity contribution in [1.82, 2.24) is 24.7 Å². The lowest BCUT2D eigenvalue weighted by Gasteiger charge is -2.28. The second-order valence-corrected chi connectivity index (χ2v) is 6.32. The number of hydrogen-bond acceptors (Lipinski definition) is 7. The number of rotatable bonds is 3. The fourth-order valence-corrected chi connectivity index (χ4v) is 3.09. The number of nitrogens with zero attached hydrogens (tertiary/aromatic N) is 6. The molecule has 4 heterocycles. The van der Waals surface area contributed by atoms with Gasteiger partial charge in [0, 0.05) is 36.7 Å². The van der Waals surface area contributed by atoms with E-state index in [9.17, 15) is 0 Å². The maximum Gasteiger partial charge on any atom is 0.253 e. The monoisotopic (exact) mass is 351 g/mol. The minimum absolute atomic E-state index is 0.385. The molecule has 1 fully saturated rings. The molecular formula is C18H21N7O. The number of nitrogen functional groups attached to an aromatic ring is 1. The van der Waals surface area contributed by atoms with Crippen molar-refractivity contribution in [2.45, 2.75) is 13.8 Å². The predicted molar refractivity (Wildman–Crippen MR) is 99.3 cm³/mol. The molecule has 0 unspecified atom stereocenters. The highest BCUT2D eigenvalue weighted by atomic mass is 16.5. The van der Waals surface area contributed by atoms with Crippen molar-refractivity contribution in [1.29, 1.82) is 0 Å². The molecule has 0 radical (unpaired) electrons. The van der Waals surface area contributed by atoms with Gasteiger partial charge in [-0.1, -0.05) is 0 Å². The van der Waals surface area contributed by atoms with Crippen LogP contribution >= 0.6 is 0 Å². The maximum absolute atomic E-state index is 6.02. The molecule has 0 spiro atoms. The van der Waals surface area contributed by atoms with Gasteiger partial charge in [0.1, 0.15) is 5.82 Å². The molecule has 134 valence electrons. The molecule has 26 heavy (non-hydrogen) atoms. The Morgan fingerprint density at radius 1 is 1.04 bits per heavy atom. The first-order valence-electron chi connectivity index (χ1n) is 8.57. The minimum atomic E-state index is 0.385. The third kappa shape index (κ3) is 3.23. The van der Waals surface area contributed by atoms with Gasteiger partial charge in [-0.05, 0) is 32.0 Å². The number of morpholine rings is 1. The van der Waals surface area contributed by atoms with E-state index in [4.69, 9.17) is 10.5 Å². The molecule has 2 N–H and O–H groups in total. The van der Waals surface area contributed by atoms with Crippen LogP contribution in [0.1, 0.15) is 11.4 Å². The molecule has 8 nitrogen and oxygen atoms in total. The lowest BCUT2D eigenvalue weighted by Crippen LogP contribution is -2.36. The summed E-state index contributed by atoms with van der Waals surface area (Å²) in [7, 11) is 0. The van der Waals surface area contributed by atoms with E-state index in [1.807, 2.05) is 32.0 Å². The van der Waals surface area contributed by atoms with Crippen LogP contribution in [0.5, 0.6) is 0 Å². The summed E-state index contributed by atoms with van der Waals surface area (Å²) in [5, 5.41) is 4.44. The Morgan fingerprint density at radius 3 is 2.58 bits per heavy atom. The van der Waals surface area contributed by atoms with Crippen molar-refractivity contribution in [3.8, 4) is 17.3 Å². The summed E-state index contributed by atoms with van der Waals surface area (Å²) in [5.74, 6) is 0.834. The first-order chi connectivity index (χ1) is 12.6. The number of hydrogen-bond donors (Lipinski definition) is 1. The average molecular weight is 351 g/mol. The molecule has 0 saturated carbocycles. The van der Waals surface area contributed by atoms with Gasteiger partial charge in [-0.2, -0.15) is 10.1 Å². The standard InChI is InChI=1S/C18H21N7O/c1-12-9-13(2)25(23-12)18-21-16(11-17(19)22-18)15-10-14(3-4-20-15)24-5-7-26-8-6-24/h3-4,9-11H,5-8H2,1-2H3,(H2,19,21,22). The lowest BCUT2D eigenvalue weighted by atomic mass is 10.2. The first-order valence-corrected chi connectivity index (χ1v) is 8.57. The number of ether oxygens (including phenoxy) is 1. The summed E-state index contributed by atoms with van der Waals surface area (Å²) in [6, 6.07) is 7.74. The Hall–Kier alpha value is -3.00. The van der Waals surface area contributed by atoms with Crippen LogP contribution in [-0.4, -0.2) is 51.0 Å². The third-order valence-corrected chi connectivity index (χ3v) is 4.32. The number of anilines is 2. The number of nitrogens with two attached hydrogens (primary N) is 1. The van der Waals surface area contributed by atoms with E-state index in [0.29, 0.717) is 17.5 Å². The zero-order valence-corrected chi connectivity index (χ0v) is 14.9. The van der Waals surface area contributed by atoms with E-state index in [0.717, 1.165) is 49.1 Å². The van der Waals surface area contributed by atoms with Gasteiger partial charge >= 0.3 is 0 Å². The van der Waals surface area contributed by atoms with Crippen LogP contribution in [0.3, 0.4) is 0 Å². The quantitative estimate of drug-likeness (QED) is 0.768. The Morgan fingerprint density at radius 2 is 1.85 bits per heavy atom. The Balaban J connectivity index is 1.73. The second kappa shape index (κ2) is 6.72. The minimum Gasteiger partial charge on any atom is -0.384 e. The van der Waals surface area contributed by atoms with Crippen LogP contribution in [0.4, 0.5) is 11.5 Å². The second-order valence-electron chi connectivity index (χ2n) is 6.32. The van der Waals surface area contributed by atoms with Crippen molar-refractivity contribution in [2.75, 3.05) is 36.9 Å².